The second-order valence-electron chi connectivity index (χ2n) is 10.4. The number of fused-ring (bicyclic) bond motifs is 2. The number of carbonyl (C=O) groups excluding carboxylic acids is 1. The fraction of sp³-hybridized carbons (Fsp3) is 0.536. The Labute approximate surface area is 224 Å². The normalized spacial score (nSPS) is 21.2. The van der Waals surface area contributed by atoms with Gasteiger partial charge >= 0.3 is 6.18 Å². The molecule has 6 nitrogen and oxygen atoms in total. The molecule has 5 rings (SSSR count). The minimum absolute atomic E-state index is 0.0278. The van der Waals surface area contributed by atoms with Crippen LogP contribution in [-0.4, -0.2) is 52.2 Å². The van der Waals surface area contributed by atoms with Crippen molar-refractivity contribution in [2.45, 2.75) is 76.7 Å². The quantitative estimate of drug-likeness (QED) is 0.367. The summed E-state index contributed by atoms with van der Waals surface area (Å²) >= 11 is 1.24. The van der Waals surface area contributed by atoms with Crippen molar-refractivity contribution >= 4 is 28.1 Å². The Morgan fingerprint density at radius 2 is 2.03 bits per heavy atom. The first kappa shape index (κ1) is 26.9. The number of aromatic nitrogens is 2. The lowest BCUT2D eigenvalue weighted by molar-refractivity contribution is -0.189. The van der Waals surface area contributed by atoms with Crippen molar-refractivity contribution in [2.75, 3.05) is 13.1 Å². The van der Waals surface area contributed by atoms with Gasteiger partial charge in [0, 0.05) is 41.2 Å². The maximum absolute atomic E-state index is 12.9. The first-order valence-electron chi connectivity index (χ1n) is 13.3. The number of nitrogens with one attached hydrogen (secondary N) is 1. The molecule has 1 saturated carbocycles. The average molecular weight is 547 g/mol. The molecular weight excluding hydrogens is 513 g/mol. The Kier molecular flexibility index (Phi) is 8.18. The molecule has 2 aliphatic rings. The van der Waals surface area contributed by atoms with Crippen molar-refractivity contribution in [3.63, 3.8) is 0 Å². The van der Waals surface area contributed by atoms with Crippen LogP contribution in [0.15, 0.2) is 36.5 Å². The zero-order valence-electron chi connectivity index (χ0n) is 21.5. The van der Waals surface area contributed by atoms with Crippen LogP contribution in [0.5, 0.6) is 5.19 Å². The van der Waals surface area contributed by atoms with Gasteiger partial charge in [0.25, 0.3) is 11.1 Å². The lowest BCUT2D eigenvalue weighted by Crippen LogP contribution is -2.38. The Hall–Kier alpha value is -2.72. The van der Waals surface area contributed by atoms with Crippen molar-refractivity contribution in [2.24, 2.45) is 5.92 Å². The fourth-order valence-corrected chi connectivity index (χ4v) is 6.43. The molecule has 1 unspecified atom stereocenters. The monoisotopic (exact) mass is 546 g/mol. The molecule has 0 radical (unpaired) electrons. The zero-order chi connectivity index (χ0) is 26.7. The maximum atomic E-state index is 12.9. The van der Waals surface area contributed by atoms with E-state index in [-0.39, 0.29) is 17.1 Å². The number of nitrogens with zero attached hydrogens (tertiary/aromatic N) is 3. The summed E-state index contributed by atoms with van der Waals surface area (Å²) in [6.07, 6.45) is 2.71. The number of carbonyl (C=O) groups is 1. The Morgan fingerprint density at radius 1 is 1.21 bits per heavy atom. The van der Waals surface area contributed by atoms with Gasteiger partial charge in [0.1, 0.15) is 0 Å². The number of ether oxygens (including phenoxy) is 1. The lowest BCUT2D eigenvalue weighted by Gasteiger charge is -2.30. The van der Waals surface area contributed by atoms with Crippen LogP contribution in [0.2, 0.25) is 0 Å². The molecule has 0 bridgehead atoms. The predicted molar refractivity (Wildman–Crippen MR) is 141 cm³/mol. The van der Waals surface area contributed by atoms with Gasteiger partial charge in [-0.15, -0.1) is 0 Å². The van der Waals surface area contributed by atoms with Gasteiger partial charge in [-0.2, -0.15) is 13.2 Å². The van der Waals surface area contributed by atoms with Crippen molar-refractivity contribution < 1.29 is 22.7 Å². The number of alkyl halides is 3. The van der Waals surface area contributed by atoms with Crippen LogP contribution in [0.3, 0.4) is 0 Å². The maximum Gasteiger partial charge on any atom is 0.425 e. The van der Waals surface area contributed by atoms with E-state index in [9.17, 15) is 18.0 Å². The molecule has 0 spiro atoms. The molecule has 1 aromatic carbocycles. The number of thiazole rings is 1. The van der Waals surface area contributed by atoms with E-state index in [1.807, 2.05) is 30.3 Å². The number of hydrogen-bond donors (Lipinski definition) is 1. The summed E-state index contributed by atoms with van der Waals surface area (Å²) in [5, 5.41) is 4.22. The van der Waals surface area contributed by atoms with Gasteiger partial charge in [-0.3, -0.25) is 14.7 Å². The molecule has 1 aliphatic heterocycles. The highest BCUT2D eigenvalue weighted by Gasteiger charge is 2.39. The SMILES string of the molecule is CC(Oc1nc2c(s1)CCN(CCCC1CCC(NC(=O)c3cccc4ncccc34)CC1)C2)C(F)(F)F. The first-order chi connectivity index (χ1) is 18.3. The molecule has 3 heterocycles. The number of rotatable bonds is 8. The van der Waals surface area contributed by atoms with E-state index in [0.717, 1.165) is 86.4 Å². The van der Waals surface area contributed by atoms with Crippen LogP contribution in [0.1, 0.15) is 66.4 Å². The highest BCUT2D eigenvalue weighted by Crippen LogP contribution is 2.33. The smallest absolute Gasteiger partial charge is 0.425 e. The summed E-state index contributed by atoms with van der Waals surface area (Å²) in [7, 11) is 0. The summed E-state index contributed by atoms with van der Waals surface area (Å²) < 4.78 is 43.4. The fourth-order valence-electron chi connectivity index (χ4n) is 5.45. The van der Waals surface area contributed by atoms with Crippen LogP contribution < -0.4 is 10.1 Å². The molecule has 204 valence electrons. The lowest BCUT2D eigenvalue weighted by atomic mass is 9.83. The van der Waals surface area contributed by atoms with Gasteiger partial charge < -0.3 is 10.1 Å². The third kappa shape index (κ3) is 6.46. The van der Waals surface area contributed by atoms with E-state index < -0.39 is 12.3 Å². The van der Waals surface area contributed by atoms with E-state index >= 15 is 0 Å². The molecule has 1 atom stereocenters. The number of halogens is 3. The summed E-state index contributed by atoms with van der Waals surface area (Å²) in [5.74, 6) is 0.633. The molecular formula is C28H33F3N4O2S. The van der Waals surface area contributed by atoms with Crippen molar-refractivity contribution in [1.82, 2.24) is 20.2 Å². The van der Waals surface area contributed by atoms with Crippen LogP contribution >= 0.6 is 11.3 Å². The molecule has 38 heavy (non-hydrogen) atoms. The van der Waals surface area contributed by atoms with Crippen LogP contribution in [-0.2, 0) is 13.0 Å². The molecule has 1 fully saturated rings. The van der Waals surface area contributed by atoms with Crippen molar-refractivity contribution in [3.05, 3.63) is 52.7 Å². The third-order valence-electron chi connectivity index (χ3n) is 7.68. The molecule has 2 aromatic heterocycles. The van der Waals surface area contributed by atoms with E-state index in [0.29, 0.717) is 18.0 Å². The third-order valence-corrected chi connectivity index (χ3v) is 8.73. The van der Waals surface area contributed by atoms with Gasteiger partial charge in [0.05, 0.1) is 11.2 Å². The van der Waals surface area contributed by atoms with E-state index in [1.165, 1.54) is 11.3 Å². The van der Waals surface area contributed by atoms with Gasteiger partial charge in [-0.1, -0.05) is 23.5 Å². The standard InChI is InChI=1S/C28H33F3N4O2S/c1-18(28(29,30)31)37-27-34-24-17-35(16-13-25(24)38-27)15-4-5-19-9-11-20(12-10-19)33-26(36)22-6-2-8-23-21(22)7-3-14-32-23/h2-3,6-8,14,18-20H,4-5,9-13,15-17H2,1H3,(H,33,36). The van der Waals surface area contributed by atoms with Gasteiger partial charge in [0.2, 0.25) is 0 Å². The number of benzene rings is 1. The summed E-state index contributed by atoms with van der Waals surface area (Å²) in [4.78, 5) is 25.0. The van der Waals surface area contributed by atoms with Gasteiger partial charge in [-0.05, 0) is 82.5 Å². The molecule has 3 aromatic rings. The van der Waals surface area contributed by atoms with E-state index in [4.69, 9.17) is 4.74 Å². The Bertz CT molecular complexity index is 1250. The summed E-state index contributed by atoms with van der Waals surface area (Å²) in [6, 6.07) is 9.65. The highest BCUT2D eigenvalue weighted by atomic mass is 32.1. The van der Waals surface area contributed by atoms with Crippen LogP contribution in [0.4, 0.5) is 13.2 Å². The number of pyridine rings is 1. The topological polar surface area (TPSA) is 67.3 Å². The minimum Gasteiger partial charge on any atom is -0.457 e. The molecule has 1 amide bonds. The summed E-state index contributed by atoms with van der Waals surface area (Å²) in [6.45, 7) is 3.53. The molecule has 10 heteroatoms. The van der Waals surface area contributed by atoms with Gasteiger partial charge in [-0.25, -0.2) is 4.98 Å². The van der Waals surface area contributed by atoms with Gasteiger partial charge in [0.15, 0.2) is 6.10 Å². The highest BCUT2D eigenvalue weighted by molar-refractivity contribution is 7.13. The number of hydrogen-bond acceptors (Lipinski definition) is 6. The van der Waals surface area contributed by atoms with Crippen molar-refractivity contribution in [1.29, 1.82) is 0 Å². The van der Waals surface area contributed by atoms with Crippen LogP contribution in [0.25, 0.3) is 10.9 Å². The van der Waals surface area contributed by atoms with E-state index in [2.05, 4.69) is 20.2 Å². The largest absolute Gasteiger partial charge is 0.457 e. The molecule has 0 saturated heterocycles. The van der Waals surface area contributed by atoms with Crippen molar-refractivity contribution in [3.8, 4) is 5.19 Å². The van der Waals surface area contributed by atoms with Crippen LogP contribution in [0, 0.1) is 5.92 Å². The first-order valence-corrected chi connectivity index (χ1v) is 14.2. The predicted octanol–water partition coefficient (Wildman–Crippen LogP) is 6.15. The van der Waals surface area contributed by atoms with E-state index in [1.54, 1.807) is 6.20 Å². The average Bonchev–Trinajstić information content (AvgIpc) is 3.30. The molecule has 1 N–H and O–H groups in total. The zero-order valence-corrected chi connectivity index (χ0v) is 22.3. The minimum atomic E-state index is -4.39. The summed E-state index contributed by atoms with van der Waals surface area (Å²) in [5.41, 5.74) is 2.35. The second-order valence-corrected chi connectivity index (χ2v) is 11.4. The Morgan fingerprint density at radius 3 is 2.82 bits per heavy atom. The number of amides is 1. The second kappa shape index (κ2) is 11.6. The Balaban J connectivity index is 1.03. The molecule has 1 aliphatic carbocycles.